The molecule has 0 amide bonds. The highest BCUT2D eigenvalue weighted by Crippen LogP contribution is 2.79. The first-order valence-electron chi connectivity index (χ1n) is 7.80. The van der Waals surface area contributed by atoms with Crippen molar-refractivity contribution in [3.05, 3.63) is 23.8 Å². The van der Waals surface area contributed by atoms with Gasteiger partial charge in [-0.2, -0.15) is 10.5 Å². The molecule has 8 nitrogen and oxygen atoms in total. The number of nitriles is 2. The lowest BCUT2D eigenvalue weighted by Crippen LogP contribution is -2.89. The van der Waals surface area contributed by atoms with Gasteiger partial charge in [-0.05, 0) is 17.7 Å². The monoisotopic (exact) mass is 341 g/mol. The number of ether oxygens (including phenoxy) is 4. The SMILES string of the molecule is COc1ccc([C@H]2[C@]3(C#N)C(N)=[NH+]C4(OCCO4)[C@]23C#N)cc1OC. The average Bonchev–Trinajstić information content (AvgIpc) is 2.89. The Bertz CT molecular complexity index is 864. The number of amidine groups is 1. The van der Waals surface area contributed by atoms with Crippen LogP contribution in [0.3, 0.4) is 0 Å². The summed E-state index contributed by atoms with van der Waals surface area (Å²) in [6, 6.07) is 9.82. The van der Waals surface area contributed by atoms with Gasteiger partial charge in [-0.1, -0.05) is 6.07 Å². The van der Waals surface area contributed by atoms with Crippen LogP contribution >= 0.6 is 0 Å². The molecule has 4 rings (SSSR count). The second-order valence-corrected chi connectivity index (χ2v) is 6.24. The van der Waals surface area contributed by atoms with Crippen LogP contribution in [0, 0.1) is 33.5 Å². The Morgan fingerprint density at radius 1 is 1.16 bits per heavy atom. The number of rotatable bonds is 3. The van der Waals surface area contributed by atoms with Crippen LogP contribution in [0.1, 0.15) is 11.5 Å². The summed E-state index contributed by atoms with van der Waals surface area (Å²) in [6.07, 6.45) is 0. The maximum atomic E-state index is 10.0. The maximum Gasteiger partial charge on any atom is 0.343 e. The zero-order chi connectivity index (χ0) is 17.9. The Hall–Kier alpha value is -2.81. The largest absolute Gasteiger partial charge is 0.493 e. The highest BCUT2D eigenvalue weighted by molar-refractivity contribution is 5.95. The van der Waals surface area contributed by atoms with E-state index in [2.05, 4.69) is 17.1 Å². The minimum absolute atomic E-state index is 0.193. The molecule has 25 heavy (non-hydrogen) atoms. The van der Waals surface area contributed by atoms with Gasteiger partial charge in [0.15, 0.2) is 22.3 Å². The Morgan fingerprint density at radius 3 is 2.40 bits per heavy atom. The summed E-state index contributed by atoms with van der Waals surface area (Å²) in [5.41, 5.74) is 4.39. The normalized spacial score (nSPS) is 33.9. The predicted molar refractivity (Wildman–Crippen MR) is 83.2 cm³/mol. The van der Waals surface area contributed by atoms with Crippen LogP contribution in [0.5, 0.6) is 11.5 Å². The minimum Gasteiger partial charge on any atom is -0.493 e. The first-order chi connectivity index (χ1) is 12.1. The van der Waals surface area contributed by atoms with Crippen molar-refractivity contribution in [2.24, 2.45) is 16.6 Å². The molecule has 3 atom stereocenters. The summed E-state index contributed by atoms with van der Waals surface area (Å²) in [5.74, 6) is -0.640. The number of hydrogen-bond donors (Lipinski definition) is 2. The number of fused-ring (bicyclic) bond motifs is 2. The van der Waals surface area contributed by atoms with Crippen molar-refractivity contribution in [3.8, 4) is 23.6 Å². The standard InChI is InChI=1S/C17H16N4O4/c1-22-11-4-3-10(7-12(11)23-2)13-15(8-18)14(20)21-17(16(13,15)9-19)24-5-6-25-17/h3-4,7,13H,5-6H2,1-2H3,(H2,20,21)/p+1/t13-,15+,16+/m0/s1. The number of benzene rings is 1. The maximum absolute atomic E-state index is 10.0. The summed E-state index contributed by atoms with van der Waals surface area (Å²) in [7, 11) is 3.07. The molecule has 1 aliphatic carbocycles. The molecule has 2 heterocycles. The summed E-state index contributed by atoms with van der Waals surface area (Å²) in [6.45, 7) is 0.647. The average molecular weight is 341 g/mol. The predicted octanol–water partition coefficient (Wildman–Crippen LogP) is -1.03. The smallest absolute Gasteiger partial charge is 0.343 e. The highest BCUT2D eigenvalue weighted by Gasteiger charge is 2.97. The molecule has 8 heteroatoms. The molecule has 1 aromatic carbocycles. The Labute approximate surface area is 144 Å². The van der Waals surface area contributed by atoms with E-state index in [0.717, 1.165) is 5.56 Å². The van der Waals surface area contributed by atoms with Gasteiger partial charge < -0.3 is 18.9 Å². The van der Waals surface area contributed by atoms with Crippen molar-refractivity contribution in [3.63, 3.8) is 0 Å². The molecule has 0 bridgehead atoms. The van der Waals surface area contributed by atoms with Gasteiger partial charge in [-0.15, -0.1) is 0 Å². The van der Waals surface area contributed by atoms with Crippen molar-refractivity contribution < 1.29 is 23.9 Å². The number of nitrogens with zero attached hydrogens (tertiary/aromatic N) is 2. The number of nitrogens with two attached hydrogens (primary N) is 1. The molecule has 3 aliphatic rings. The molecule has 0 unspecified atom stereocenters. The van der Waals surface area contributed by atoms with Gasteiger partial charge in [0, 0.05) is 5.92 Å². The van der Waals surface area contributed by atoms with Crippen molar-refractivity contribution >= 4 is 5.84 Å². The Morgan fingerprint density at radius 2 is 1.84 bits per heavy atom. The first-order valence-corrected chi connectivity index (χ1v) is 7.80. The molecule has 128 valence electrons. The molecule has 1 saturated carbocycles. The fourth-order valence-electron chi connectivity index (χ4n) is 4.35. The van der Waals surface area contributed by atoms with E-state index in [0.29, 0.717) is 24.7 Å². The number of hydrogen-bond acceptors (Lipinski definition) is 7. The lowest BCUT2D eigenvalue weighted by Gasteiger charge is -2.23. The summed E-state index contributed by atoms with van der Waals surface area (Å²) in [4.78, 5) is 2.91. The van der Waals surface area contributed by atoms with Gasteiger partial charge in [0.1, 0.15) is 0 Å². The fourth-order valence-corrected chi connectivity index (χ4v) is 4.35. The summed E-state index contributed by atoms with van der Waals surface area (Å²) in [5, 5.41) is 20.0. The van der Waals surface area contributed by atoms with Crippen LogP contribution < -0.4 is 20.2 Å². The van der Waals surface area contributed by atoms with Crippen LogP contribution in [0.25, 0.3) is 0 Å². The topological polar surface area (TPSA) is 124 Å². The third-order valence-electron chi connectivity index (χ3n) is 5.44. The van der Waals surface area contributed by atoms with E-state index in [1.807, 2.05) is 0 Å². The molecule has 0 aromatic heterocycles. The van der Waals surface area contributed by atoms with E-state index in [4.69, 9.17) is 24.7 Å². The lowest BCUT2D eigenvalue weighted by molar-refractivity contribution is -0.676. The first kappa shape index (κ1) is 15.7. The van der Waals surface area contributed by atoms with E-state index in [-0.39, 0.29) is 5.84 Å². The molecule has 0 radical (unpaired) electrons. The zero-order valence-corrected chi connectivity index (χ0v) is 13.8. The van der Waals surface area contributed by atoms with Gasteiger partial charge in [0.2, 0.25) is 0 Å². The quantitative estimate of drug-likeness (QED) is 0.720. The highest BCUT2D eigenvalue weighted by atomic mass is 16.8. The third-order valence-corrected chi connectivity index (χ3v) is 5.44. The van der Waals surface area contributed by atoms with Crippen molar-refractivity contribution in [2.75, 3.05) is 27.4 Å². The van der Waals surface area contributed by atoms with Gasteiger partial charge in [-0.25, -0.2) is 4.99 Å². The molecule has 2 aliphatic heterocycles. The van der Waals surface area contributed by atoms with Gasteiger partial charge in [-0.3, -0.25) is 5.73 Å². The molecular weight excluding hydrogens is 324 g/mol. The molecule has 3 N–H and O–H groups in total. The lowest BCUT2D eigenvalue weighted by atomic mass is 9.94. The van der Waals surface area contributed by atoms with E-state index in [1.54, 1.807) is 25.3 Å². The van der Waals surface area contributed by atoms with E-state index in [1.165, 1.54) is 7.11 Å². The second kappa shape index (κ2) is 4.85. The number of nitrogens with one attached hydrogen (secondary N) is 1. The van der Waals surface area contributed by atoms with E-state index >= 15 is 0 Å². The summed E-state index contributed by atoms with van der Waals surface area (Å²) < 4.78 is 22.1. The van der Waals surface area contributed by atoms with Crippen LogP contribution in [0.4, 0.5) is 0 Å². The molecular formula is C17H17N4O4+. The van der Waals surface area contributed by atoms with Crippen molar-refractivity contribution in [1.82, 2.24) is 0 Å². The second-order valence-electron chi connectivity index (χ2n) is 6.24. The van der Waals surface area contributed by atoms with Crippen LogP contribution in [-0.2, 0) is 9.47 Å². The molecule has 2 fully saturated rings. The van der Waals surface area contributed by atoms with Gasteiger partial charge in [0.25, 0.3) is 5.84 Å². The zero-order valence-electron chi connectivity index (χ0n) is 13.8. The van der Waals surface area contributed by atoms with Gasteiger partial charge in [0.05, 0.1) is 39.6 Å². The molecule has 1 spiro atoms. The van der Waals surface area contributed by atoms with Crippen LogP contribution in [0.2, 0.25) is 0 Å². The molecule has 1 aromatic rings. The van der Waals surface area contributed by atoms with Crippen molar-refractivity contribution in [2.45, 2.75) is 11.8 Å². The van der Waals surface area contributed by atoms with Gasteiger partial charge >= 0.3 is 5.91 Å². The minimum atomic E-state index is -1.40. The Balaban J connectivity index is 1.89. The Kier molecular flexibility index (Phi) is 3.05. The summed E-state index contributed by atoms with van der Waals surface area (Å²) >= 11 is 0. The fraction of sp³-hybridized carbons (Fsp3) is 0.471. The van der Waals surface area contributed by atoms with E-state index in [9.17, 15) is 10.5 Å². The van der Waals surface area contributed by atoms with E-state index < -0.39 is 22.7 Å². The van der Waals surface area contributed by atoms with Crippen molar-refractivity contribution in [1.29, 1.82) is 10.5 Å². The molecule has 1 saturated heterocycles. The van der Waals surface area contributed by atoms with Crippen LogP contribution in [0.15, 0.2) is 18.2 Å². The van der Waals surface area contributed by atoms with Crippen LogP contribution in [-0.4, -0.2) is 39.2 Å². The number of methoxy groups -OCH3 is 2. The third kappa shape index (κ3) is 1.50.